The number of alkyl halides is 6. The highest BCUT2D eigenvalue weighted by molar-refractivity contribution is 7.99. The zero-order valence-electron chi connectivity index (χ0n) is 17.9. The van der Waals surface area contributed by atoms with E-state index < -0.39 is 23.5 Å². The van der Waals surface area contributed by atoms with Gasteiger partial charge < -0.3 is 0 Å². The van der Waals surface area contributed by atoms with Crippen molar-refractivity contribution in [2.45, 2.75) is 49.8 Å². The molecular weight excluding hydrogens is 505 g/mol. The summed E-state index contributed by atoms with van der Waals surface area (Å²) in [5.41, 5.74) is -2.89. The van der Waals surface area contributed by atoms with Crippen molar-refractivity contribution in [3.8, 4) is 23.7 Å². The maximum absolute atomic E-state index is 13.7. The maximum Gasteiger partial charge on any atom is 0.417 e. The van der Waals surface area contributed by atoms with Crippen LogP contribution in [0.4, 0.5) is 26.3 Å². The minimum atomic E-state index is -4.77. The summed E-state index contributed by atoms with van der Waals surface area (Å²) >= 11 is 12.5. The summed E-state index contributed by atoms with van der Waals surface area (Å²) in [6.07, 6.45) is -9.54. The van der Waals surface area contributed by atoms with Crippen LogP contribution in [0.25, 0.3) is 0 Å². The van der Waals surface area contributed by atoms with Crippen LogP contribution in [0.15, 0.2) is 34.1 Å². The highest BCUT2D eigenvalue weighted by Crippen LogP contribution is 2.44. The third-order valence-electron chi connectivity index (χ3n) is 3.94. The zero-order valence-corrected chi connectivity index (χ0v) is 20.2. The van der Waals surface area contributed by atoms with Gasteiger partial charge in [-0.05, 0) is 24.3 Å². The van der Waals surface area contributed by atoms with E-state index in [2.05, 4.69) is 23.7 Å². The van der Waals surface area contributed by atoms with Gasteiger partial charge in [-0.15, -0.1) is 0 Å². The molecule has 9 heteroatoms. The van der Waals surface area contributed by atoms with Gasteiger partial charge >= 0.3 is 12.4 Å². The van der Waals surface area contributed by atoms with Gasteiger partial charge in [0.15, 0.2) is 0 Å². The Bertz CT molecular complexity index is 1060. The van der Waals surface area contributed by atoms with Crippen molar-refractivity contribution in [2.24, 2.45) is 11.8 Å². The largest absolute Gasteiger partial charge is 0.417 e. The van der Waals surface area contributed by atoms with Gasteiger partial charge in [0.1, 0.15) is 0 Å². The number of halogens is 8. The monoisotopic (exact) mass is 522 g/mol. The molecule has 33 heavy (non-hydrogen) atoms. The fourth-order valence-corrected chi connectivity index (χ4v) is 4.28. The predicted molar refractivity (Wildman–Crippen MR) is 120 cm³/mol. The summed E-state index contributed by atoms with van der Waals surface area (Å²) in [6.45, 7) is 6.81. The Hall–Kier alpha value is -1.93. The molecule has 0 saturated heterocycles. The average Bonchev–Trinajstić information content (AvgIpc) is 2.63. The maximum atomic E-state index is 13.7. The van der Waals surface area contributed by atoms with Crippen molar-refractivity contribution in [1.82, 2.24) is 0 Å². The van der Waals surface area contributed by atoms with Crippen molar-refractivity contribution < 1.29 is 26.3 Å². The summed E-state index contributed by atoms with van der Waals surface area (Å²) in [4.78, 5) is -0.100. The molecule has 176 valence electrons. The van der Waals surface area contributed by atoms with Gasteiger partial charge in [0.2, 0.25) is 0 Å². The summed E-state index contributed by atoms with van der Waals surface area (Å²) in [5.74, 6) is 9.93. The van der Waals surface area contributed by atoms with E-state index in [-0.39, 0.29) is 42.8 Å². The van der Waals surface area contributed by atoms with Crippen molar-refractivity contribution in [2.75, 3.05) is 0 Å². The van der Waals surface area contributed by atoms with Crippen LogP contribution in [0.1, 0.15) is 49.9 Å². The fourth-order valence-electron chi connectivity index (χ4n) is 2.58. The third kappa shape index (κ3) is 7.54. The van der Waals surface area contributed by atoms with Crippen LogP contribution in [0.5, 0.6) is 0 Å². The van der Waals surface area contributed by atoms with E-state index >= 15 is 0 Å². The smallest absolute Gasteiger partial charge is 0.166 e. The molecule has 0 amide bonds. The molecule has 2 aromatic rings. The Kier molecular flexibility index (Phi) is 8.74. The van der Waals surface area contributed by atoms with Crippen LogP contribution < -0.4 is 0 Å². The molecule has 0 heterocycles. The van der Waals surface area contributed by atoms with Crippen molar-refractivity contribution in [3.05, 3.63) is 56.6 Å². The van der Waals surface area contributed by atoms with E-state index in [1.54, 1.807) is 27.7 Å². The Balaban J connectivity index is 2.85. The van der Waals surface area contributed by atoms with E-state index in [0.717, 1.165) is 12.1 Å². The fraction of sp³-hybridized carbons (Fsp3) is 0.333. The van der Waals surface area contributed by atoms with E-state index in [4.69, 9.17) is 23.2 Å². The van der Waals surface area contributed by atoms with Gasteiger partial charge in [-0.2, -0.15) is 26.3 Å². The van der Waals surface area contributed by atoms with Crippen LogP contribution in [0.3, 0.4) is 0 Å². The Morgan fingerprint density at radius 2 is 1.00 bits per heavy atom. The summed E-state index contributed by atoms with van der Waals surface area (Å²) in [6, 6.07) is 3.96. The normalized spacial score (nSPS) is 11.8. The van der Waals surface area contributed by atoms with Gasteiger partial charge in [-0.3, -0.25) is 0 Å². The molecule has 0 aromatic heterocycles. The number of benzene rings is 2. The number of rotatable bonds is 2. The van der Waals surface area contributed by atoms with Gasteiger partial charge in [0, 0.05) is 31.7 Å². The first-order valence-corrected chi connectivity index (χ1v) is 11.2. The van der Waals surface area contributed by atoms with E-state index in [0.29, 0.717) is 11.8 Å². The first-order chi connectivity index (χ1) is 15.1. The number of hydrogen-bond acceptors (Lipinski definition) is 1. The zero-order chi connectivity index (χ0) is 25.1. The molecule has 0 saturated carbocycles. The van der Waals surface area contributed by atoms with Crippen molar-refractivity contribution in [1.29, 1.82) is 0 Å². The van der Waals surface area contributed by atoms with Crippen molar-refractivity contribution in [3.63, 3.8) is 0 Å². The molecule has 2 rings (SSSR count). The molecule has 2 aromatic carbocycles. The molecule has 0 N–H and O–H groups in total. The molecule has 0 spiro atoms. The molecular formula is C24H18Cl2F6S. The molecule has 0 nitrogen and oxygen atoms in total. The predicted octanol–water partition coefficient (Wildman–Crippen LogP) is 9.20. The molecule has 0 aliphatic carbocycles. The molecule has 0 aliphatic heterocycles. The number of hydrogen-bond donors (Lipinski definition) is 0. The summed E-state index contributed by atoms with van der Waals surface area (Å²) < 4.78 is 82.3. The Morgan fingerprint density at radius 1 is 0.667 bits per heavy atom. The molecule has 0 radical (unpaired) electrons. The van der Waals surface area contributed by atoms with Gasteiger partial charge in [0.05, 0.1) is 22.3 Å². The lowest BCUT2D eigenvalue weighted by molar-refractivity contribution is -0.138. The average molecular weight is 523 g/mol. The van der Waals surface area contributed by atoms with Crippen LogP contribution in [-0.4, -0.2) is 0 Å². The van der Waals surface area contributed by atoms with Gasteiger partial charge in [-0.25, -0.2) is 0 Å². The second-order valence-electron chi connectivity index (χ2n) is 7.60. The minimum absolute atomic E-state index is 0.0500. The van der Waals surface area contributed by atoms with Crippen LogP contribution in [0.2, 0.25) is 10.0 Å². The molecule has 0 fully saturated rings. The lowest BCUT2D eigenvalue weighted by Gasteiger charge is -2.17. The Labute approximate surface area is 203 Å². The topological polar surface area (TPSA) is 0 Å². The lowest BCUT2D eigenvalue weighted by atomic mass is 10.1. The van der Waals surface area contributed by atoms with E-state index in [1.807, 2.05) is 0 Å². The first-order valence-electron chi connectivity index (χ1n) is 9.62. The summed E-state index contributed by atoms with van der Waals surface area (Å²) in [7, 11) is 0. The lowest BCUT2D eigenvalue weighted by Crippen LogP contribution is -2.10. The summed E-state index contributed by atoms with van der Waals surface area (Å²) in [5, 5.41) is -0.458. The minimum Gasteiger partial charge on any atom is -0.166 e. The standard InChI is InChI=1S/C24H18Cl2F6S/c1-13(2)5-7-17-19(23(27,28)29)9-15(25)11-21(17)33-22-12-16(26)10-20(24(30,31)32)18(22)8-6-14(3)4/h9-14H,1-4H3. The van der Waals surface area contributed by atoms with E-state index in [9.17, 15) is 26.3 Å². The second-order valence-corrected chi connectivity index (χ2v) is 9.56. The van der Waals surface area contributed by atoms with Crippen LogP contribution in [-0.2, 0) is 12.4 Å². The quantitative estimate of drug-likeness (QED) is 0.279. The highest BCUT2D eigenvalue weighted by atomic mass is 35.5. The second kappa shape index (κ2) is 10.6. The van der Waals surface area contributed by atoms with Crippen LogP contribution >= 0.6 is 35.0 Å². The molecule has 0 aliphatic rings. The van der Waals surface area contributed by atoms with Crippen molar-refractivity contribution >= 4 is 35.0 Å². The molecule has 0 atom stereocenters. The highest BCUT2D eigenvalue weighted by Gasteiger charge is 2.37. The third-order valence-corrected chi connectivity index (χ3v) is 5.46. The van der Waals surface area contributed by atoms with E-state index in [1.165, 1.54) is 12.1 Å². The van der Waals surface area contributed by atoms with Gasteiger partial charge in [0.25, 0.3) is 0 Å². The SMILES string of the molecule is CC(C)C#Cc1c(Sc2cc(Cl)cc(C(F)(F)F)c2C#CC(C)C)cc(Cl)cc1C(F)(F)F. The molecule has 0 bridgehead atoms. The Morgan fingerprint density at radius 3 is 1.27 bits per heavy atom. The van der Waals surface area contributed by atoms with Crippen LogP contribution in [0, 0.1) is 35.5 Å². The molecule has 0 unspecified atom stereocenters. The van der Waals surface area contributed by atoms with Gasteiger partial charge in [-0.1, -0.05) is 86.3 Å². The first kappa shape index (κ1) is 27.3.